The summed E-state index contributed by atoms with van der Waals surface area (Å²) in [5.74, 6) is -0.498. The number of carbonyl (C=O) groups excluding carboxylic acids is 3. The van der Waals surface area contributed by atoms with E-state index < -0.39 is 6.04 Å². The zero-order chi connectivity index (χ0) is 21.5. The number of amides is 3. The highest BCUT2D eigenvalue weighted by Crippen LogP contribution is 2.22. The molecule has 1 fully saturated rings. The molecule has 6 heteroatoms. The second-order valence-corrected chi connectivity index (χ2v) is 7.70. The summed E-state index contributed by atoms with van der Waals surface area (Å²) in [6.45, 7) is 5.23. The Kier molecular flexibility index (Phi) is 7.22. The fourth-order valence-corrected chi connectivity index (χ4v) is 3.59. The van der Waals surface area contributed by atoms with Gasteiger partial charge in [0.2, 0.25) is 5.91 Å². The molecule has 1 heterocycles. The van der Waals surface area contributed by atoms with Crippen LogP contribution < -0.4 is 10.6 Å². The normalized spacial score (nSPS) is 15.7. The smallest absolute Gasteiger partial charge is 0.255 e. The van der Waals surface area contributed by atoms with Gasteiger partial charge >= 0.3 is 0 Å². The molecular weight excluding hydrogens is 378 g/mol. The van der Waals surface area contributed by atoms with Crippen LogP contribution in [0.3, 0.4) is 0 Å². The van der Waals surface area contributed by atoms with E-state index in [0.29, 0.717) is 36.3 Å². The lowest BCUT2D eigenvalue weighted by Crippen LogP contribution is -2.46. The first-order chi connectivity index (χ1) is 14.5. The van der Waals surface area contributed by atoms with Crippen molar-refractivity contribution in [2.75, 3.05) is 18.4 Å². The van der Waals surface area contributed by atoms with Crippen molar-refractivity contribution in [2.45, 2.75) is 45.6 Å². The van der Waals surface area contributed by atoms with E-state index in [4.69, 9.17) is 0 Å². The largest absolute Gasteiger partial charge is 0.354 e. The minimum atomic E-state index is -0.430. The van der Waals surface area contributed by atoms with Gasteiger partial charge in [0, 0.05) is 29.9 Å². The summed E-state index contributed by atoms with van der Waals surface area (Å²) in [6.07, 6.45) is 3.42. The molecule has 1 unspecified atom stereocenters. The molecule has 3 amide bonds. The molecule has 158 valence electrons. The number of carbonyl (C=O) groups is 3. The Hall–Kier alpha value is -3.15. The van der Waals surface area contributed by atoms with Crippen LogP contribution in [-0.4, -0.2) is 41.8 Å². The van der Waals surface area contributed by atoms with Gasteiger partial charge in [-0.2, -0.15) is 0 Å². The number of hydrogen-bond donors (Lipinski definition) is 2. The van der Waals surface area contributed by atoms with Gasteiger partial charge < -0.3 is 15.5 Å². The third-order valence-electron chi connectivity index (χ3n) is 5.33. The number of nitrogens with zero attached hydrogens (tertiary/aromatic N) is 1. The lowest BCUT2D eigenvalue weighted by Gasteiger charge is -2.24. The van der Waals surface area contributed by atoms with Gasteiger partial charge in [-0.1, -0.05) is 37.1 Å². The Morgan fingerprint density at radius 1 is 1.07 bits per heavy atom. The van der Waals surface area contributed by atoms with Crippen molar-refractivity contribution in [3.8, 4) is 0 Å². The van der Waals surface area contributed by atoms with E-state index in [2.05, 4.69) is 17.6 Å². The Labute approximate surface area is 177 Å². The quantitative estimate of drug-likeness (QED) is 0.686. The molecule has 1 atom stereocenters. The molecule has 30 heavy (non-hydrogen) atoms. The van der Waals surface area contributed by atoms with Gasteiger partial charge in [0.15, 0.2) is 0 Å². The molecule has 0 spiro atoms. The number of anilines is 1. The predicted octanol–water partition coefficient (Wildman–Crippen LogP) is 3.77. The number of hydrogen-bond acceptors (Lipinski definition) is 3. The third-order valence-corrected chi connectivity index (χ3v) is 5.33. The fourth-order valence-electron chi connectivity index (χ4n) is 3.59. The number of rotatable bonds is 7. The SMILES string of the molecule is CCCCNC(=O)C1CCCN1C(=O)c1cccc(NC(=O)c2ccc(C)cc2)c1. The predicted molar refractivity (Wildman–Crippen MR) is 118 cm³/mol. The second-order valence-electron chi connectivity index (χ2n) is 7.70. The second kappa shape index (κ2) is 10.1. The van der Waals surface area contributed by atoms with Gasteiger partial charge in [-0.25, -0.2) is 0 Å². The summed E-state index contributed by atoms with van der Waals surface area (Å²) >= 11 is 0. The van der Waals surface area contributed by atoms with Crippen molar-refractivity contribution in [1.29, 1.82) is 0 Å². The van der Waals surface area contributed by atoms with Crippen LogP contribution in [0.1, 0.15) is 58.9 Å². The van der Waals surface area contributed by atoms with Gasteiger partial charge in [-0.15, -0.1) is 0 Å². The fraction of sp³-hybridized carbons (Fsp3) is 0.375. The Balaban J connectivity index is 1.68. The van der Waals surface area contributed by atoms with Crippen molar-refractivity contribution in [1.82, 2.24) is 10.2 Å². The van der Waals surface area contributed by atoms with E-state index in [1.165, 1.54) is 0 Å². The maximum atomic E-state index is 13.1. The number of aryl methyl sites for hydroxylation is 1. The van der Waals surface area contributed by atoms with Crippen LogP contribution >= 0.6 is 0 Å². The lowest BCUT2D eigenvalue weighted by atomic mass is 10.1. The molecule has 2 aromatic carbocycles. The van der Waals surface area contributed by atoms with Gasteiger partial charge in [0.05, 0.1) is 0 Å². The Bertz CT molecular complexity index is 908. The summed E-state index contributed by atoms with van der Waals surface area (Å²) in [5.41, 5.74) is 2.65. The average Bonchev–Trinajstić information content (AvgIpc) is 3.24. The standard InChI is InChI=1S/C24H29N3O3/c1-3-4-14-25-23(29)21-9-6-15-27(21)24(30)19-7-5-8-20(16-19)26-22(28)18-12-10-17(2)11-13-18/h5,7-8,10-13,16,21H,3-4,6,9,14-15H2,1-2H3,(H,25,29)(H,26,28). The van der Waals surface area contributed by atoms with Crippen LogP contribution in [0.5, 0.6) is 0 Å². The van der Waals surface area contributed by atoms with Crippen molar-refractivity contribution < 1.29 is 14.4 Å². The molecule has 0 aromatic heterocycles. The minimum absolute atomic E-state index is 0.0851. The van der Waals surface area contributed by atoms with Crippen LogP contribution in [0.2, 0.25) is 0 Å². The van der Waals surface area contributed by atoms with Crippen molar-refractivity contribution in [2.24, 2.45) is 0 Å². The van der Waals surface area contributed by atoms with Gasteiger partial charge in [0.1, 0.15) is 6.04 Å². The first kappa shape index (κ1) is 21.6. The van der Waals surface area contributed by atoms with E-state index in [0.717, 1.165) is 24.8 Å². The number of nitrogens with one attached hydrogen (secondary N) is 2. The maximum absolute atomic E-state index is 13.1. The van der Waals surface area contributed by atoms with Crippen molar-refractivity contribution in [3.63, 3.8) is 0 Å². The monoisotopic (exact) mass is 407 g/mol. The molecule has 3 rings (SSSR count). The van der Waals surface area contributed by atoms with Crippen molar-refractivity contribution >= 4 is 23.4 Å². The molecule has 0 radical (unpaired) electrons. The van der Waals surface area contributed by atoms with E-state index in [1.54, 1.807) is 41.3 Å². The van der Waals surface area contributed by atoms with Crippen LogP contribution in [0, 0.1) is 6.92 Å². The Morgan fingerprint density at radius 2 is 1.83 bits per heavy atom. The van der Waals surface area contributed by atoms with Crippen LogP contribution in [-0.2, 0) is 4.79 Å². The molecule has 0 bridgehead atoms. The highest BCUT2D eigenvalue weighted by atomic mass is 16.2. The number of likely N-dealkylation sites (tertiary alicyclic amines) is 1. The van der Waals surface area contributed by atoms with E-state index in [1.807, 2.05) is 19.1 Å². The summed E-state index contributed by atoms with van der Waals surface area (Å²) < 4.78 is 0. The molecule has 1 saturated heterocycles. The number of unbranched alkanes of at least 4 members (excludes halogenated alkanes) is 1. The zero-order valence-corrected chi connectivity index (χ0v) is 17.6. The van der Waals surface area contributed by atoms with Crippen molar-refractivity contribution in [3.05, 3.63) is 65.2 Å². The van der Waals surface area contributed by atoms with Crippen LogP contribution in [0.4, 0.5) is 5.69 Å². The summed E-state index contributed by atoms with van der Waals surface area (Å²) in [7, 11) is 0. The summed E-state index contributed by atoms with van der Waals surface area (Å²) in [4.78, 5) is 39.7. The van der Waals surface area contributed by atoms with E-state index >= 15 is 0 Å². The topological polar surface area (TPSA) is 78.5 Å². The average molecular weight is 408 g/mol. The van der Waals surface area contributed by atoms with Crippen LogP contribution in [0.15, 0.2) is 48.5 Å². The van der Waals surface area contributed by atoms with E-state index in [9.17, 15) is 14.4 Å². The van der Waals surface area contributed by atoms with Gasteiger partial charge in [-0.05, 0) is 56.5 Å². The third kappa shape index (κ3) is 5.26. The summed E-state index contributed by atoms with van der Waals surface area (Å²) in [6, 6.07) is 13.7. The molecule has 6 nitrogen and oxygen atoms in total. The molecule has 2 N–H and O–H groups in total. The Morgan fingerprint density at radius 3 is 2.57 bits per heavy atom. The maximum Gasteiger partial charge on any atom is 0.255 e. The molecule has 1 aliphatic heterocycles. The highest BCUT2D eigenvalue weighted by Gasteiger charge is 2.34. The van der Waals surface area contributed by atoms with Crippen LogP contribution in [0.25, 0.3) is 0 Å². The first-order valence-corrected chi connectivity index (χ1v) is 10.6. The molecule has 0 aliphatic carbocycles. The molecule has 1 aliphatic rings. The van der Waals surface area contributed by atoms with E-state index in [-0.39, 0.29) is 17.7 Å². The number of benzene rings is 2. The lowest BCUT2D eigenvalue weighted by molar-refractivity contribution is -0.124. The molecular formula is C24H29N3O3. The van der Waals surface area contributed by atoms with Gasteiger partial charge in [-0.3, -0.25) is 14.4 Å². The van der Waals surface area contributed by atoms with Gasteiger partial charge in [0.25, 0.3) is 11.8 Å². The minimum Gasteiger partial charge on any atom is -0.354 e. The molecule has 0 saturated carbocycles. The first-order valence-electron chi connectivity index (χ1n) is 10.6. The summed E-state index contributed by atoms with van der Waals surface area (Å²) in [5, 5.41) is 5.77. The zero-order valence-electron chi connectivity index (χ0n) is 17.6. The highest BCUT2D eigenvalue weighted by molar-refractivity contribution is 6.05. The molecule has 2 aromatic rings.